The first-order chi connectivity index (χ1) is 4.22. The van der Waals surface area contributed by atoms with Crippen LogP contribution in [-0.2, 0) is 9.53 Å². The Labute approximate surface area is 53.9 Å². The Morgan fingerprint density at radius 1 is 2.00 bits per heavy atom. The molecule has 3 nitrogen and oxygen atoms in total. The Morgan fingerprint density at radius 3 is 2.89 bits per heavy atom. The third kappa shape index (κ3) is 2.87. The highest BCUT2D eigenvalue weighted by Gasteiger charge is 2.10. The van der Waals surface area contributed by atoms with Crippen molar-refractivity contribution < 1.29 is 14.6 Å². The average molecular weight is 130 g/mol. The van der Waals surface area contributed by atoms with Crippen LogP contribution >= 0.6 is 0 Å². The standard InChI is InChI=1S/C6H10O3/c1-3-9-6(8)5(2)4-7/h3,5,7H,1,4H2,2H3. The summed E-state index contributed by atoms with van der Waals surface area (Å²) in [7, 11) is 0. The Bertz CT molecular complexity index is 109. The molecule has 0 fully saturated rings. The summed E-state index contributed by atoms with van der Waals surface area (Å²) in [6.45, 7) is 4.58. The Balaban J connectivity index is 3.58. The first kappa shape index (κ1) is 8.17. The van der Waals surface area contributed by atoms with Gasteiger partial charge < -0.3 is 9.84 Å². The maximum absolute atomic E-state index is 10.5. The van der Waals surface area contributed by atoms with Gasteiger partial charge in [0, 0.05) is 0 Å². The van der Waals surface area contributed by atoms with E-state index in [2.05, 4.69) is 11.3 Å². The number of aliphatic hydroxyl groups excluding tert-OH is 1. The molecule has 0 saturated heterocycles. The molecule has 0 aliphatic heterocycles. The van der Waals surface area contributed by atoms with E-state index in [9.17, 15) is 4.79 Å². The predicted molar refractivity (Wildman–Crippen MR) is 32.5 cm³/mol. The number of rotatable bonds is 3. The van der Waals surface area contributed by atoms with Crippen LogP contribution in [0.25, 0.3) is 0 Å². The maximum atomic E-state index is 10.5. The smallest absolute Gasteiger partial charge is 0.315 e. The first-order valence-corrected chi connectivity index (χ1v) is 2.64. The number of hydrogen-bond acceptors (Lipinski definition) is 3. The van der Waals surface area contributed by atoms with Crippen LogP contribution in [0.2, 0.25) is 0 Å². The summed E-state index contributed by atoms with van der Waals surface area (Å²) in [6, 6.07) is 0. The SMILES string of the molecule is C=COC(=O)C(C)CO. The molecule has 0 radical (unpaired) electrons. The van der Waals surface area contributed by atoms with Crippen molar-refractivity contribution in [3.05, 3.63) is 12.8 Å². The molecular weight excluding hydrogens is 120 g/mol. The van der Waals surface area contributed by atoms with Gasteiger partial charge in [0.25, 0.3) is 0 Å². The van der Waals surface area contributed by atoms with Crippen molar-refractivity contribution in [3.63, 3.8) is 0 Å². The lowest BCUT2D eigenvalue weighted by molar-refractivity contribution is -0.143. The molecule has 0 rings (SSSR count). The summed E-state index contributed by atoms with van der Waals surface area (Å²) in [5.41, 5.74) is 0. The van der Waals surface area contributed by atoms with E-state index < -0.39 is 11.9 Å². The van der Waals surface area contributed by atoms with Crippen molar-refractivity contribution in [1.29, 1.82) is 0 Å². The summed E-state index contributed by atoms with van der Waals surface area (Å²) in [5.74, 6) is -0.907. The van der Waals surface area contributed by atoms with E-state index in [1.54, 1.807) is 6.92 Å². The fraction of sp³-hybridized carbons (Fsp3) is 0.500. The monoisotopic (exact) mass is 130 g/mol. The highest BCUT2D eigenvalue weighted by Crippen LogP contribution is 1.95. The van der Waals surface area contributed by atoms with E-state index >= 15 is 0 Å². The van der Waals surface area contributed by atoms with Crippen LogP contribution in [0.15, 0.2) is 12.8 Å². The number of carbonyl (C=O) groups is 1. The third-order valence-electron chi connectivity index (χ3n) is 0.876. The lowest BCUT2D eigenvalue weighted by atomic mass is 10.2. The maximum Gasteiger partial charge on any atom is 0.315 e. The molecule has 0 amide bonds. The van der Waals surface area contributed by atoms with E-state index in [4.69, 9.17) is 5.11 Å². The molecule has 0 aromatic rings. The summed E-state index contributed by atoms with van der Waals surface area (Å²) in [5, 5.41) is 8.40. The number of ether oxygens (including phenoxy) is 1. The van der Waals surface area contributed by atoms with Crippen LogP contribution in [0.4, 0.5) is 0 Å². The van der Waals surface area contributed by atoms with Gasteiger partial charge in [0.15, 0.2) is 0 Å². The zero-order chi connectivity index (χ0) is 7.28. The van der Waals surface area contributed by atoms with Crippen molar-refractivity contribution in [2.24, 2.45) is 5.92 Å². The van der Waals surface area contributed by atoms with Crippen LogP contribution in [0.3, 0.4) is 0 Å². The molecule has 52 valence electrons. The minimum atomic E-state index is -0.456. The van der Waals surface area contributed by atoms with Crippen molar-refractivity contribution in [1.82, 2.24) is 0 Å². The van der Waals surface area contributed by atoms with Crippen molar-refractivity contribution >= 4 is 5.97 Å². The second-order valence-corrected chi connectivity index (χ2v) is 1.69. The number of carbonyl (C=O) groups excluding carboxylic acids is 1. The second-order valence-electron chi connectivity index (χ2n) is 1.69. The lowest BCUT2D eigenvalue weighted by Gasteiger charge is -2.02. The molecule has 1 atom stereocenters. The molecule has 3 heteroatoms. The largest absolute Gasteiger partial charge is 0.435 e. The van der Waals surface area contributed by atoms with Gasteiger partial charge in [-0.1, -0.05) is 6.58 Å². The Kier molecular flexibility index (Phi) is 3.71. The van der Waals surface area contributed by atoms with Gasteiger partial charge in [0.1, 0.15) is 0 Å². The molecule has 0 heterocycles. The molecule has 0 aromatic heterocycles. The molecule has 1 unspecified atom stereocenters. The summed E-state index contributed by atoms with van der Waals surface area (Å²) in [4.78, 5) is 10.5. The van der Waals surface area contributed by atoms with E-state index in [1.807, 2.05) is 0 Å². The van der Waals surface area contributed by atoms with Crippen molar-refractivity contribution in [3.8, 4) is 0 Å². The molecule has 0 aliphatic rings. The van der Waals surface area contributed by atoms with E-state index in [0.717, 1.165) is 6.26 Å². The van der Waals surface area contributed by atoms with Gasteiger partial charge in [-0.25, -0.2) is 0 Å². The van der Waals surface area contributed by atoms with Crippen LogP contribution < -0.4 is 0 Å². The lowest BCUT2D eigenvalue weighted by Crippen LogP contribution is -2.15. The molecule has 0 aliphatic carbocycles. The number of aliphatic hydroxyl groups is 1. The van der Waals surface area contributed by atoms with Gasteiger partial charge in [-0.15, -0.1) is 0 Å². The van der Waals surface area contributed by atoms with Gasteiger partial charge in [-0.05, 0) is 6.92 Å². The zero-order valence-corrected chi connectivity index (χ0v) is 5.33. The summed E-state index contributed by atoms with van der Waals surface area (Å²) < 4.78 is 4.36. The van der Waals surface area contributed by atoms with Gasteiger partial charge in [0.2, 0.25) is 0 Å². The molecule has 9 heavy (non-hydrogen) atoms. The molecule has 0 saturated carbocycles. The van der Waals surface area contributed by atoms with Crippen LogP contribution in [0.1, 0.15) is 6.92 Å². The summed E-state index contributed by atoms with van der Waals surface area (Å²) >= 11 is 0. The molecule has 0 bridgehead atoms. The molecule has 0 spiro atoms. The minimum Gasteiger partial charge on any atom is -0.435 e. The molecule has 1 N–H and O–H groups in total. The van der Waals surface area contributed by atoms with Crippen LogP contribution in [0, 0.1) is 5.92 Å². The van der Waals surface area contributed by atoms with Gasteiger partial charge in [-0.3, -0.25) is 4.79 Å². The van der Waals surface area contributed by atoms with Crippen molar-refractivity contribution in [2.75, 3.05) is 6.61 Å². The highest BCUT2D eigenvalue weighted by molar-refractivity contribution is 5.72. The van der Waals surface area contributed by atoms with Crippen molar-refractivity contribution in [2.45, 2.75) is 6.92 Å². The third-order valence-corrected chi connectivity index (χ3v) is 0.876. The average Bonchev–Trinajstić information content (AvgIpc) is 1.87. The van der Waals surface area contributed by atoms with E-state index in [1.165, 1.54) is 0 Å². The van der Waals surface area contributed by atoms with Gasteiger partial charge >= 0.3 is 5.97 Å². The fourth-order valence-corrected chi connectivity index (χ4v) is 0.273. The predicted octanol–water partition coefficient (Wildman–Crippen LogP) is 0.301. The number of esters is 1. The minimum absolute atomic E-state index is 0.188. The molecular formula is C6H10O3. The quantitative estimate of drug-likeness (QED) is 0.441. The Morgan fingerprint density at radius 2 is 2.56 bits per heavy atom. The second kappa shape index (κ2) is 4.09. The van der Waals surface area contributed by atoms with Gasteiger partial charge in [-0.2, -0.15) is 0 Å². The fourth-order valence-electron chi connectivity index (χ4n) is 0.273. The van der Waals surface area contributed by atoms with E-state index in [-0.39, 0.29) is 6.61 Å². The normalized spacial score (nSPS) is 12.2. The summed E-state index contributed by atoms with van der Waals surface area (Å²) in [6.07, 6.45) is 1.05. The highest BCUT2D eigenvalue weighted by atomic mass is 16.5. The number of hydrogen-bond donors (Lipinski definition) is 1. The zero-order valence-electron chi connectivity index (χ0n) is 5.33. The van der Waals surface area contributed by atoms with E-state index in [0.29, 0.717) is 0 Å². The topological polar surface area (TPSA) is 46.5 Å². The van der Waals surface area contributed by atoms with Crippen LogP contribution in [-0.4, -0.2) is 17.7 Å². The Hall–Kier alpha value is -0.830. The van der Waals surface area contributed by atoms with Crippen LogP contribution in [0.5, 0.6) is 0 Å². The first-order valence-electron chi connectivity index (χ1n) is 2.64. The van der Waals surface area contributed by atoms with Gasteiger partial charge in [0.05, 0.1) is 18.8 Å². The molecule has 0 aromatic carbocycles.